The minimum atomic E-state index is -0.541. The molecule has 0 radical (unpaired) electrons. The molecule has 0 saturated carbocycles. The van der Waals surface area contributed by atoms with E-state index in [1.165, 1.54) is 25.3 Å². The quantitative estimate of drug-likeness (QED) is 0.176. The van der Waals surface area contributed by atoms with Crippen molar-refractivity contribution in [2.75, 3.05) is 7.11 Å². The Hall–Kier alpha value is -3.53. The highest BCUT2D eigenvalue weighted by atomic mass is 35.5. The first-order valence-electron chi connectivity index (χ1n) is 10.5. The number of carbonyl (C=O) groups excluding carboxylic acids is 2. The third-order valence-electron chi connectivity index (χ3n) is 5.27. The number of imide groups is 1. The van der Waals surface area contributed by atoms with E-state index in [4.69, 9.17) is 32.7 Å². The van der Waals surface area contributed by atoms with Gasteiger partial charge in [-0.25, -0.2) is 0 Å². The predicted octanol–water partition coefficient (Wildman–Crippen LogP) is 6.73. The number of ether oxygens (including phenoxy) is 2. The molecule has 0 aromatic heterocycles. The van der Waals surface area contributed by atoms with Crippen LogP contribution in [0.2, 0.25) is 10.0 Å². The normalized spacial score (nSPS) is 14.4. The first-order valence-corrected chi connectivity index (χ1v) is 12.1. The number of hydrogen-bond donors (Lipinski definition) is 0. The number of nitrogens with zero attached hydrogens (tertiary/aromatic N) is 2. The number of rotatable bonds is 8. The van der Waals surface area contributed by atoms with Gasteiger partial charge in [0, 0.05) is 27.2 Å². The van der Waals surface area contributed by atoms with Crippen molar-refractivity contribution in [3.63, 3.8) is 0 Å². The Bertz CT molecular complexity index is 1390. The Balaban J connectivity index is 1.51. The van der Waals surface area contributed by atoms with Gasteiger partial charge in [-0.05, 0) is 47.7 Å². The molecule has 0 bridgehead atoms. The zero-order chi connectivity index (χ0) is 25.8. The number of carbonyl (C=O) groups is 2. The van der Waals surface area contributed by atoms with E-state index >= 15 is 0 Å². The first kappa shape index (κ1) is 25.6. The van der Waals surface area contributed by atoms with Crippen LogP contribution in [0.5, 0.6) is 11.5 Å². The number of thioether (sulfide) groups is 1. The van der Waals surface area contributed by atoms with Crippen molar-refractivity contribution in [2.24, 2.45) is 0 Å². The van der Waals surface area contributed by atoms with E-state index in [1.54, 1.807) is 48.5 Å². The largest absolute Gasteiger partial charge is 0.493 e. The number of benzene rings is 3. The molecular formula is C25H18Cl2N2O6S. The molecule has 0 N–H and O–H groups in total. The summed E-state index contributed by atoms with van der Waals surface area (Å²) in [4.78, 5) is 37.3. The molecule has 3 aromatic rings. The lowest BCUT2D eigenvalue weighted by Crippen LogP contribution is -2.27. The molecule has 1 aliphatic heterocycles. The lowest BCUT2D eigenvalue weighted by atomic mass is 10.1. The Morgan fingerprint density at radius 3 is 2.53 bits per heavy atom. The molecule has 1 saturated heterocycles. The Morgan fingerprint density at radius 2 is 1.81 bits per heavy atom. The van der Waals surface area contributed by atoms with Gasteiger partial charge in [0.15, 0.2) is 11.5 Å². The van der Waals surface area contributed by atoms with Crippen LogP contribution in [0.4, 0.5) is 10.5 Å². The smallest absolute Gasteiger partial charge is 0.293 e. The van der Waals surface area contributed by atoms with Crippen molar-refractivity contribution in [2.45, 2.75) is 13.2 Å². The summed E-state index contributed by atoms with van der Waals surface area (Å²) >= 11 is 12.9. The summed E-state index contributed by atoms with van der Waals surface area (Å²) < 4.78 is 11.3. The molecule has 2 amide bonds. The minimum Gasteiger partial charge on any atom is -0.493 e. The summed E-state index contributed by atoms with van der Waals surface area (Å²) in [5.41, 5.74) is 1.48. The van der Waals surface area contributed by atoms with E-state index in [1.807, 2.05) is 0 Å². The standard InChI is InChI=1S/C25H18Cl2N2O6S/c1-34-22-10-15(6-9-21(22)35-14-17-7-8-18(26)12-19(17)27)11-23-24(30)28(25(31)36-23)13-16-4-2-3-5-20(16)29(32)33/h2-12H,13-14H2,1H3/b23-11-. The molecule has 1 fully saturated rings. The fourth-order valence-corrected chi connectivity index (χ4v) is 4.77. The van der Waals surface area contributed by atoms with Crippen LogP contribution in [0.1, 0.15) is 16.7 Å². The number of nitro groups is 1. The molecule has 0 spiro atoms. The Kier molecular flexibility index (Phi) is 7.83. The topological polar surface area (TPSA) is 99.0 Å². The van der Waals surface area contributed by atoms with Crippen molar-refractivity contribution in [3.8, 4) is 11.5 Å². The van der Waals surface area contributed by atoms with Gasteiger partial charge in [-0.2, -0.15) is 0 Å². The number of nitro benzene ring substituents is 1. The lowest BCUT2D eigenvalue weighted by molar-refractivity contribution is -0.385. The van der Waals surface area contributed by atoms with E-state index in [9.17, 15) is 19.7 Å². The second-order valence-electron chi connectivity index (χ2n) is 7.59. The van der Waals surface area contributed by atoms with Gasteiger partial charge in [0.1, 0.15) is 6.61 Å². The number of amides is 2. The highest BCUT2D eigenvalue weighted by Crippen LogP contribution is 2.36. The summed E-state index contributed by atoms with van der Waals surface area (Å²) in [5.74, 6) is 0.359. The second kappa shape index (κ2) is 11.0. The van der Waals surface area contributed by atoms with Gasteiger partial charge in [0.05, 0.1) is 23.5 Å². The van der Waals surface area contributed by atoms with Crippen molar-refractivity contribution in [3.05, 3.63) is 102 Å². The maximum absolute atomic E-state index is 12.9. The molecule has 4 rings (SSSR count). The van der Waals surface area contributed by atoms with Gasteiger partial charge in [-0.3, -0.25) is 24.6 Å². The van der Waals surface area contributed by atoms with E-state index in [0.29, 0.717) is 27.1 Å². The summed E-state index contributed by atoms with van der Waals surface area (Å²) in [6, 6.07) is 16.2. The average molecular weight is 545 g/mol. The van der Waals surface area contributed by atoms with Crippen LogP contribution in [0.3, 0.4) is 0 Å². The van der Waals surface area contributed by atoms with Gasteiger partial charge in [0.2, 0.25) is 0 Å². The van der Waals surface area contributed by atoms with Gasteiger partial charge < -0.3 is 9.47 Å². The molecule has 8 nitrogen and oxygen atoms in total. The van der Waals surface area contributed by atoms with Gasteiger partial charge in [-0.15, -0.1) is 0 Å². The predicted molar refractivity (Wildman–Crippen MR) is 138 cm³/mol. The van der Waals surface area contributed by atoms with E-state index in [0.717, 1.165) is 22.2 Å². The SMILES string of the molecule is COc1cc(/C=C2\SC(=O)N(Cc3ccccc3[N+](=O)[O-])C2=O)ccc1OCc1ccc(Cl)cc1Cl. The highest BCUT2D eigenvalue weighted by molar-refractivity contribution is 8.18. The molecule has 36 heavy (non-hydrogen) atoms. The van der Waals surface area contributed by atoms with E-state index < -0.39 is 16.1 Å². The lowest BCUT2D eigenvalue weighted by Gasteiger charge is -2.13. The van der Waals surface area contributed by atoms with Crippen molar-refractivity contribution in [1.29, 1.82) is 0 Å². The summed E-state index contributed by atoms with van der Waals surface area (Å²) in [6.07, 6.45) is 1.56. The maximum Gasteiger partial charge on any atom is 0.293 e. The zero-order valence-electron chi connectivity index (χ0n) is 18.8. The molecule has 1 aliphatic rings. The van der Waals surface area contributed by atoms with Crippen LogP contribution < -0.4 is 9.47 Å². The monoisotopic (exact) mass is 544 g/mol. The number of halogens is 2. The van der Waals surface area contributed by atoms with Crippen LogP contribution >= 0.6 is 35.0 Å². The van der Waals surface area contributed by atoms with Crippen LogP contribution in [-0.2, 0) is 17.9 Å². The Labute approximate surface area is 220 Å². The number of para-hydroxylation sites is 1. The van der Waals surface area contributed by atoms with E-state index in [-0.39, 0.29) is 29.3 Å². The molecule has 184 valence electrons. The van der Waals surface area contributed by atoms with Crippen LogP contribution in [0.25, 0.3) is 6.08 Å². The van der Waals surface area contributed by atoms with Crippen LogP contribution in [0.15, 0.2) is 65.6 Å². The zero-order valence-corrected chi connectivity index (χ0v) is 21.1. The Morgan fingerprint density at radius 1 is 1.03 bits per heavy atom. The third kappa shape index (κ3) is 5.64. The molecule has 11 heteroatoms. The molecule has 3 aromatic carbocycles. The third-order valence-corrected chi connectivity index (χ3v) is 6.77. The average Bonchev–Trinajstić information content (AvgIpc) is 3.11. The molecule has 0 unspecified atom stereocenters. The highest BCUT2D eigenvalue weighted by Gasteiger charge is 2.36. The van der Waals surface area contributed by atoms with E-state index in [2.05, 4.69) is 0 Å². The second-order valence-corrected chi connectivity index (χ2v) is 9.43. The van der Waals surface area contributed by atoms with Crippen molar-refractivity contribution < 1.29 is 24.0 Å². The fourth-order valence-electron chi connectivity index (χ4n) is 3.47. The fraction of sp³-hybridized carbons (Fsp3) is 0.120. The summed E-state index contributed by atoms with van der Waals surface area (Å²) in [5, 5.41) is 11.8. The minimum absolute atomic E-state index is 0.152. The molecule has 0 atom stereocenters. The summed E-state index contributed by atoms with van der Waals surface area (Å²) in [6.45, 7) is -0.00125. The van der Waals surface area contributed by atoms with Gasteiger partial charge in [0.25, 0.3) is 16.8 Å². The molecular weight excluding hydrogens is 527 g/mol. The van der Waals surface area contributed by atoms with Crippen LogP contribution in [-0.4, -0.2) is 28.1 Å². The summed E-state index contributed by atoms with van der Waals surface area (Å²) in [7, 11) is 1.49. The molecule has 0 aliphatic carbocycles. The number of methoxy groups -OCH3 is 1. The molecule has 1 heterocycles. The van der Waals surface area contributed by atoms with Crippen molar-refractivity contribution in [1.82, 2.24) is 4.90 Å². The first-order chi connectivity index (χ1) is 17.3. The van der Waals surface area contributed by atoms with Gasteiger partial charge >= 0.3 is 0 Å². The van der Waals surface area contributed by atoms with Crippen LogP contribution in [0, 0.1) is 10.1 Å². The maximum atomic E-state index is 12.9. The van der Waals surface area contributed by atoms with Crippen molar-refractivity contribution >= 4 is 57.9 Å². The van der Waals surface area contributed by atoms with Gasteiger partial charge in [-0.1, -0.05) is 53.5 Å². The number of hydrogen-bond acceptors (Lipinski definition) is 7.